The zero-order valence-corrected chi connectivity index (χ0v) is 10.5. The van der Waals surface area contributed by atoms with Crippen LogP contribution in [0.5, 0.6) is 0 Å². The number of aliphatic carboxylic acids is 1. The van der Waals surface area contributed by atoms with Crippen LogP contribution in [0.25, 0.3) is 0 Å². The summed E-state index contributed by atoms with van der Waals surface area (Å²) in [4.78, 5) is 21.8. The highest BCUT2D eigenvalue weighted by Gasteiger charge is 2.18. The van der Waals surface area contributed by atoms with Crippen molar-refractivity contribution in [1.82, 2.24) is 0 Å². The fourth-order valence-corrected chi connectivity index (χ4v) is 1.59. The maximum atomic E-state index is 11.2. The molecule has 0 radical (unpaired) electrons. The lowest BCUT2D eigenvalue weighted by Gasteiger charge is -2.10. The van der Waals surface area contributed by atoms with Crippen molar-refractivity contribution < 1.29 is 19.8 Å². The third-order valence-corrected chi connectivity index (χ3v) is 2.86. The largest absolute Gasteiger partial charge is 0.479 e. The highest BCUT2D eigenvalue weighted by atomic mass is 79.9. The van der Waals surface area contributed by atoms with Crippen LogP contribution in [-0.4, -0.2) is 27.3 Å². The number of ketones is 1. The van der Waals surface area contributed by atoms with Crippen LogP contribution in [-0.2, 0) is 16.0 Å². The number of Topliss-reactive ketones (excluding diaryl/α,β-unsaturated/α-hetero) is 1. The van der Waals surface area contributed by atoms with Crippen molar-refractivity contribution in [3.63, 3.8) is 0 Å². The van der Waals surface area contributed by atoms with E-state index in [2.05, 4.69) is 15.9 Å². The maximum absolute atomic E-state index is 11.2. The van der Waals surface area contributed by atoms with Crippen molar-refractivity contribution in [2.24, 2.45) is 0 Å². The van der Waals surface area contributed by atoms with Gasteiger partial charge in [0.1, 0.15) is 5.78 Å². The first-order valence-electron chi connectivity index (χ1n) is 4.82. The molecule has 0 amide bonds. The van der Waals surface area contributed by atoms with Gasteiger partial charge in [-0.1, -0.05) is 28.1 Å². The summed E-state index contributed by atoms with van der Waals surface area (Å²) >= 11 is 3.05. The number of rotatable bonds is 5. The second kappa shape index (κ2) is 5.79. The lowest BCUT2D eigenvalue weighted by molar-refractivity contribution is -0.146. The summed E-state index contributed by atoms with van der Waals surface area (Å²) in [5.41, 5.74) is 6.62. The number of carboxylic acid groups (broad SMARTS) is 1. The van der Waals surface area contributed by atoms with Gasteiger partial charge in [0.05, 0.1) is 5.33 Å². The minimum Gasteiger partial charge on any atom is -0.479 e. The van der Waals surface area contributed by atoms with E-state index in [1.54, 1.807) is 6.07 Å². The van der Waals surface area contributed by atoms with Crippen LogP contribution in [0.3, 0.4) is 0 Å². The molecular formula is C11H12BrNO4. The van der Waals surface area contributed by atoms with E-state index in [0.29, 0.717) is 5.56 Å². The van der Waals surface area contributed by atoms with Crippen LogP contribution in [0.15, 0.2) is 18.2 Å². The van der Waals surface area contributed by atoms with Gasteiger partial charge in [-0.3, -0.25) is 4.79 Å². The molecule has 0 fully saturated rings. The molecule has 1 unspecified atom stereocenters. The molecule has 0 aromatic heterocycles. The van der Waals surface area contributed by atoms with Crippen LogP contribution >= 0.6 is 15.9 Å². The van der Waals surface area contributed by atoms with Crippen molar-refractivity contribution in [1.29, 1.82) is 0 Å². The number of aliphatic hydroxyl groups excluding tert-OH is 1. The zero-order chi connectivity index (χ0) is 13.0. The molecule has 0 aliphatic rings. The second-order valence-corrected chi connectivity index (χ2v) is 4.11. The van der Waals surface area contributed by atoms with E-state index in [0.717, 1.165) is 0 Å². The minimum absolute atomic E-state index is 0.00377. The number of halogens is 1. The monoisotopic (exact) mass is 301 g/mol. The van der Waals surface area contributed by atoms with Gasteiger partial charge < -0.3 is 15.9 Å². The van der Waals surface area contributed by atoms with Crippen molar-refractivity contribution >= 4 is 33.4 Å². The van der Waals surface area contributed by atoms with Gasteiger partial charge >= 0.3 is 5.97 Å². The zero-order valence-electron chi connectivity index (χ0n) is 8.89. The fourth-order valence-electron chi connectivity index (χ4n) is 1.39. The molecule has 1 aromatic rings. The summed E-state index contributed by atoms with van der Waals surface area (Å²) in [7, 11) is 0. The Kier molecular flexibility index (Phi) is 4.65. The van der Waals surface area contributed by atoms with Crippen molar-refractivity contribution in [3.8, 4) is 0 Å². The summed E-state index contributed by atoms with van der Waals surface area (Å²) in [6.07, 6.45) is -1.42. The van der Waals surface area contributed by atoms with Gasteiger partial charge in [-0.25, -0.2) is 4.79 Å². The summed E-state index contributed by atoms with van der Waals surface area (Å²) in [6.45, 7) is 0. The Morgan fingerprint density at radius 1 is 1.41 bits per heavy atom. The molecular weight excluding hydrogens is 290 g/mol. The number of nitrogens with two attached hydrogens (primary N) is 1. The second-order valence-electron chi connectivity index (χ2n) is 3.55. The number of benzene rings is 1. The average molecular weight is 302 g/mol. The molecule has 0 saturated heterocycles. The summed E-state index contributed by atoms with van der Waals surface area (Å²) in [5, 5.41) is 18.2. The number of carbonyl (C=O) groups is 2. The Balaban J connectivity index is 2.94. The SMILES string of the molecule is Nc1cc(CC(=O)CBr)ccc1C(O)C(=O)O. The maximum Gasteiger partial charge on any atom is 0.337 e. The van der Waals surface area contributed by atoms with E-state index in [1.807, 2.05) is 0 Å². The summed E-state index contributed by atoms with van der Waals surface area (Å²) in [5.74, 6) is -1.36. The van der Waals surface area contributed by atoms with Gasteiger partial charge in [0.2, 0.25) is 0 Å². The quantitative estimate of drug-likeness (QED) is 0.554. The fraction of sp³-hybridized carbons (Fsp3) is 0.273. The molecule has 0 aliphatic heterocycles. The van der Waals surface area contributed by atoms with Gasteiger partial charge in [-0.15, -0.1) is 0 Å². The standard InChI is InChI=1S/C11H12BrNO4/c12-5-7(14)3-6-1-2-8(9(13)4-6)10(15)11(16)17/h1-2,4,10,15H,3,5,13H2,(H,16,17). The van der Waals surface area contributed by atoms with Crippen molar-refractivity contribution in [2.45, 2.75) is 12.5 Å². The molecule has 0 spiro atoms. The van der Waals surface area contributed by atoms with Crippen molar-refractivity contribution in [2.75, 3.05) is 11.1 Å². The van der Waals surface area contributed by atoms with Gasteiger partial charge in [0, 0.05) is 17.7 Å². The third-order valence-electron chi connectivity index (χ3n) is 2.23. The molecule has 0 bridgehead atoms. The molecule has 5 nitrogen and oxygen atoms in total. The first-order valence-corrected chi connectivity index (χ1v) is 5.94. The number of carboxylic acids is 1. The Labute approximate surface area is 106 Å². The van der Waals surface area contributed by atoms with E-state index in [4.69, 9.17) is 10.8 Å². The number of anilines is 1. The van der Waals surface area contributed by atoms with E-state index in [-0.39, 0.29) is 28.8 Å². The molecule has 0 heterocycles. The number of hydrogen-bond donors (Lipinski definition) is 3. The van der Waals surface area contributed by atoms with Crippen LogP contribution in [0, 0.1) is 0 Å². The Morgan fingerprint density at radius 2 is 2.06 bits per heavy atom. The smallest absolute Gasteiger partial charge is 0.337 e. The lowest BCUT2D eigenvalue weighted by atomic mass is 10.0. The highest BCUT2D eigenvalue weighted by molar-refractivity contribution is 9.09. The molecule has 0 aliphatic carbocycles. The first-order chi connectivity index (χ1) is 7.95. The van der Waals surface area contributed by atoms with Gasteiger partial charge in [-0.2, -0.15) is 0 Å². The number of alkyl halides is 1. The van der Waals surface area contributed by atoms with Gasteiger partial charge in [-0.05, 0) is 11.6 Å². The number of nitrogen functional groups attached to an aromatic ring is 1. The topological polar surface area (TPSA) is 101 Å². The average Bonchev–Trinajstić information content (AvgIpc) is 2.28. The summed E-state index contributed by atoms with van der Waals surface area (Å²) < 4.78 is 0. The Morgan fingerprint density at radius 3 is 2.53 bits per heavy atom. The number of carbonyl (C=O) groups excluding carboxylic acids is 1. The third kappa shape index (κ3) is 3.54. The van der Waals surface area contributed by atoms with Crippen LogP contribution in [0.4, 0.5) is 5.69 Å². The molecule has 1 atom stereocenters. The Hall–Kier alpha value is -1.40. The van der Waals surface area contributed by atoms with E-state index < -0.39 is 12.1 Å². The van der Waals surface area contributed by atoms with E-state index in [1.165, 1.54) is 12.1 Å². The van der Waals surface area contributed by atoms with E-state index >= 15 is 0 Å². The predicted octanol–water partition coefficient (Wildman–Crippen LogP) is 0.893. The molecule has 1 aromatic carbocycles. The first kappa shape index (κ1) is 13.7. The predicted molar refractivity (Wildman–Crippen MR) is 66.0 cm³/mol. The number of aliphatic hydroxyl groups is 1. The van der Waals surface area contributed by atoms with Crippen LogP contribution in [0.1, 0.15) is 17.2 Å². The molecule has 92 valence electrons. The van der Waals surface area contributed by atoms with E-state index in [9.17, 15) is 14.7 Å². The Bertz CT molecular complexity index is 447. The minimum atomic E-state index is -1.64. The molecule has 1 rings (SSSR count). The summed E-state index contributed by atoms with van der Waals surface area (Å²) in [6, 6.07) is 4.51. The molecule has 0 saturated carbocycles. The lowest BCUT2D eigenvalue weighted by Crippen LogP contribution is -2.13. The molecule has 6 heteroatoms. The van der Waals surface area contributed by atoms with Gasteiger partial charge in [0.25, 0.3) is 0 Å². The van der Waals surface area contributed by atoms with Crippen LogP contribution in [0.2, 0.25) is 0 Å². The normalized spacial score (nSPS) is 12.1. The highest BCUT2D eigenvalue weighted by Crippen LogP contribution is 2.22. The number of hydrogen-bond acceptors (Lipinski definition) is 4. The van der Waals surface area contributed by atoms with Gasteiger partial charge in [0.15, 0.2) is 6.10 Å². The van der Waals surface area contributed by atoms with Crippen LogP contribution < -0.4 is 5.73 Å². The van der Waals surface area contributed by atoms with Crippen molar-refractivity contribution in [3.05, 3.63) is 29.3 Å². The molecule has 17 heavy (non-hydrogen) atoms. The molecule has 4 N–H and O–H groups in total.